The molecule has 1 aliphatic rings. The maximum absolute atomic E-state index is 14.5. The second-order valence-corrected chi connectivity index (χ2v) is 15.1. The Kier molecular flexibility index (Phi) is 15.3. The van der Waals surface area contributed by atoms with Gasteiger partial charge in [0.25, 0.3) is 11.8 Å². The van der Waals surface area contributed by atoms with Crippen LogP contribution in [0.3, 0.4) is 0 Å². The predicted octanol–water partition coefficient (Wildman–Crippen LogP) is 8.11. The van der Waals surface area contributed by atoms with Crippen molar-refractivity contribution in [1.82, 2.24) is 9.80 Å². The fourth-order valence-electron chi connectivity index (χ4n) is 6.75. The van der Waals surface area contributed by atoms with Gasteiger partial charge in [-0.25, -0.2) is 4.79 Å². The summed E-state index contributed by atoms with van der Waals surface area (Å²) in [7, 11) is 1.98. The highest BCUT2D eigenvalue weighted by Crippen LogP contribution is 2.31. The van der Waals surface area contributed by atoms with Gasteiger partial charge in [-0.05, 0) is 112 Å². The molecule has 4 atom stereocenters. The van der Waals surface area contributed by atoms with E-state index in [1.807, 2.05) is 33.0 Å². The number of para-hydroxylation sites is 2. The Labute approximate surface area is 342 Å². The van der Waals surface area contributed by atoms with Crippen molar-refractivity contribution in [3.63, 3.8) is 0 Å². The molecular formula is C44H53F3N6O6. The lowest BCUT2D eigenvalue weighted by Gasteiger charge is -2.36. The molecule has 0 radical (unpaired) electrons. The number of urea groups is 1. The second kappa shape index (κ2) is 20.4. The standard InChI is InChI=1S/C44H53F3N6O6/c1-28-24-53(29(2)27-54)42(56)36-23-35(50-43(57)49-34-18-16-33(17-19-34)44(45,46)47)20-21-39(36)59-30(3)9-7-8-22-58-40(28)26-52(4)25-31-12-14-32(15-13-31)41(55)51-38-11-6-5-10-37(38)48/h5-6,10-21,23,28-30,40,54H,7-9,22,24-27,48H2,1-4H3,(H,51,55)(H2,49,50,57)/t28-,29+,30+,40-/m0/s1. The topological polar surface area (TPSA) is 158 Å². The Bertz CT molecular complexity index is 2030. The summed E-state index contributed by atoms with van der Waals surface area (Å²) < 4.78 is 51.8. The van der Waals surface area contributed by atoms with Crippen LogP contribution in [0.25, 0.3) is 0 Å². The smallest absolute Gasteiger partial charge is 0.416 e. The van der Waals surface area contributed by atoms with E-state index in [9.17, 15) is 32.7 Å². The van der Waals surface area contributed by atoms with Gasteiger partial charge in [-0.3, -0.25) is 14.5 Å². The molecule has 59 heavy (non-hydrogen) atoms. The first-order chi connectivity index (χ1) is 28.1. The van der Waals surface area contributed by atoms with Crippen LogP contribution < -0.4 is 26.4 Å². The lowest BCUT2D eigenvalue weighted by molar-refractivity contribution is -0.137. The number of nitrogens with two attached hydrogens (primary N) is 1. The summed E-state index contributed by atoms with van der Waals surface area (Å²) in [6.45, 7) is 7.20. The maximum atomic E-state index is 14.5. The van der Waals surface area contributed by atoms with E-state index in [0.29, 0.717) is 48.8 Å². The Morgan fingerprint density at radius 1 is 0.949 bits per heavy atom. The van der Waals surface area contributed by atoms with Crippen molar-refractivity contribution in [2.24, 2.45) is 5.92 Å². The molecule has 0 saturated carbocycles. The van der Waals surface area contributed by atoms with Gasteiger partial charge >= 0.3 is 12.2 Å². The first-order valence-corrected chi connectivity index (χ1v) is 19.6. The van der Waals surface area contributed by atoms with Gasteiger partial charge < -0.3 is 41.2 Å². The number of likely N-dealkylation sites (N-methyl/N-ethyl adjacent to an activating group) is 1. The number of ether oxygens (including phenoxy) is 2. The lowest BCUT2D eigenvalue weighted by atomic mass is 10.0. The molecule has 5 rings (SSSR count). The van der Waals surface area contributed by atoms with Crippen LogP contribution in [-0.2, 0) is 17.5 Å². The number of carbonyl (C=O) groups is 3. The van der Waals surface area contributed by atoms with Gasteiger partial charge in [0.2, 0.25) is 0 Å². The third-order valence-electron chi connectivity index (χ3n) is 10.1. The molecule has 6 N–H and O–H groups in total. The number of carbonyl (C=O) groups excluding carboxylic acids is 3. The van der Waals surface area contributed by atoms with Crippen LogP contribution in [0.4, 0.5) is 40.7 Å². The number of amides is 4. The molecule has 1 aliphatic heterocycles. The number of anilines is 4. The molecule has 12 nitrogen and oxygen atoms in total. The van der Waals surface area contributed by atoms with Gasteiger partial charge in [0.05, 0.1) is 47.4 Å². The van der Waals surface area contributed by atoms with Gasteiger partial charge in [0, 0.05) is 49.1 Å². The lowest BCUT2D eigenvalue weighted by Crippen LogP contribution is -2.47. The van der Waals surface area contributed by atoms with Crippen LogP contribution in [-0.4, -0.2) is 84.4 Å². The molecule has 0 aromatic heterocycles. The van der Waals surface area contributed by atoms with E-state index in [2.05, 4.69) is 20.9 Å². The highest BCUT2D eigenvalue weighted by atomic mass is 19.4. The molecule has 316 valence electrons. The van der Waals surface area contributed by atoms with E-state index in [4.69, 9.17) is 15.2 Å². The molecule has 15 heteroatoms. The van der Waals surface area contributed by atoms with Gasteiger partial charge in [-0.1, -0.05) is 31.2 Å². The zero-order valence-electron chi connectivity index (χ0n) is 33.7. The minimum atomic E-state index is -4.51. The number of halogens is 3. The van der Waals surface area contributed by atoms with Gasteiger partial charge in [-0.15, -0.1) is 0 Å². The number of aliphatic hydroxyl groups excluding tert-OH is 1. The van der Waals surface area contributed by atoms with Gasteiger partial charge in [-0.2, -0.15) is 13.2 Å². The highest BCUT2D eigenvalue weighted by molar-refractivity contribution is 6.06. The Balaban J connectivity index is 1.30. The number of hydrogen-bond donors (Lipinski definition) is 5. The fourth-order valence-corrected chi connectivity index (χ4v) is 6.75. The largest absolute Gasteiger partial charge is 0.490 e. The summed E-state index contributed by atoms with van der Waals surface area (Å²) in [6.07, 6.45) is -2.77. The number of fused-ring (bicyclic) bond motifs is 1. The summed E-state index contributed by atoms with van der Waals surface area (Å²) in [5, 5.41) is 18.3. The number of nitrogens with one attached hydrogen (secondary N) is 3. The van der Waals surface area contributed by atoms with Gasteiger partial charge in [0.1, 0.15) is 5.75 Å². The SMILES string of the molecule is C[C@@H]1CCCCO[C@@H](CN(C)Cc2ccc(C(=O)Nc3ccccc3N)cc2)[C@@H](C)CN([C@H](C)CO)C(=O)c2cc(NC(=O)Nc3ccc(C(F)(F)F)cc3)ccc2O1. The van der Waals surface area contributed by atoms with E-state index in [1.165, 1.54) is 6.07 Å². The van der Waals surface area contributed by atoms with Crippen molar-refractivity contribution in [3.05, 3.63) is 113 Å². The molecule has 4 aromatic carbocycles. The number of nitrogens with zero attached hydrogens (tertiary/aromatic N) is 2. The van der Waals surface area contributed by atoms with E-state index in [1.54, 1.807) is 60.4 Å². The number of benzene rings is 4. The molecule has 0 fully saturated rings. The molecule has 0 saturated heterocycles. The first-order valence-electron chi connectivity index (χ1n) is 19.6. The normalized spacial score (nSPS) is 18.6. The average molecular weight is 819 g/mol. The highest BCUT2D eigenvalue weighted by Gasteiger charge is 2.31. The quantitative estimate of drug-likeness (QED) is 0.101. The summed E-state index contributed by atoms with van der Waals surface area (Å²) in [4.78, 5) is 44.0. The number of alkyl halides is 3. The number of hydrogen-bond acceptors (Lipinski definition) is 8. The third kappa shape index (κ3) is 12.7. The monoisotopic (exact) mass is 818 g/mol. The van der Waals surface area contributed by atoms with Crippen molar-refractivity contribution in [2.75, 3.05) is 55.0 Å². The average Bonchev–Trinajstić information content (AvgIpc) is 3.20. The number of nitrogen functional groups attached to an aromatic ring is 1. The summed E-state index contributed by atoms with van der Waals surface area (Å²) in [5.41, 5.74) is 8.22. The van der Waals surface area contributed by atoms with Crippen LogP contribution >= 0.6 is 0 Å². The summed E-state index contributed by atoms with van der Waals surface area (Å²) in [5.74, 6) is -0.555. The van der Waals surface area contributed by atoms with E-state index < -0.39 is 29.7 Å². The molecule has 0 aliphatic carbocycles. The predicted molar refractivity (Wildman–Crippen MR) is 223 cm³/mol. The van der Waals surface area contributed by atoms with Crippen LogP contribution in [0.15, 0.2) is 91.0 Å². The minimum absolute atomic E-state index is 0.147. The van der Waals surface area contributed by atoms with Crippen LogP contribution in [0, 0.1) is 5.92 Å². The Morgan fingerprint density at radius 2 is 1.63 bits per heavy atom. The molecule has 4 aromatic rings. The molecule has 1 heterocycles. The number of aliphatic hydroxyl groups is 1. The van der Waals surface area contributed by atoms with E-state index >= 15 is 0 Å². The van der Waals surface area contributed by atoms with E-state index in [-0.39, 0.29) is 54.1 Å². The fraction of sp³-hybridized carbons (Fsp3) is 0.386. The van der Waals surface area contributed by atoms with Crippen molar-refractivity contribution in [2.45, 2.75) is 71.0 Å². The molecule has 0 unspecified atom stereocenters. The van der Waals surface area contributed by atoms with Crippen molar-refractivity contribution in [1.29, 1.82) is 0 Å². The van der Waals surface area contributed by atoms with Gasteiger partial charge in [0.15, 0.2) is 0 Å². The van der Waals surface area contributed by atoms with Crippen LogP contribution in [0.2, 0.25) is 0 Å². The summed E-state index contributed by atoms with van der Waals surface area (Å²) >= 11 is 0. The maximum Gasteiger partial charge on any atom is 0.416 e. The third-order valence-corrected chi connectivity index (χ3v) is 10.1. The second-order valence-electron chi connectivity index (χ2n) is 15.1. The van der Waals surface area contributed by atoms with Crippen molar-refractivity contribution >= 4 is 40.6 Å². The van der Waals surface area contributed by atoms with Crippen molar-refractivity contribution < 1.29 is 42.1 Å². The number of rotatable bonds is 10. The molecule has 0 spiro atoms. The van der Waals surface area contributed by atoms with Crippen LogP contribution in [0.5, 0.6) is 5.75 Å². The summed E-state index contributed by atoms with van der Waals surface area (Å²) in [6, 6.07) is 21.8. The molecule has 4 amide bonds. The zero-order valence-corrected chi connectivity index (χ0v) is 33.7. The minimum Gasteiger partial charge on any atom is -0.490 e. The van der Waals surface area contributed by atoms with Crippen LogP contribution in [0.1, 0.15) is 71.9 Å². The Hall–Kier alpha value is -5.64. The van der Waals surface area contributed by atoms with E-state index in [0.717, 1.165) is 42.7 Å². The zero-order chi connectivity index (χ0) is 42.7. The first kappa shape index (κ1) is 44.5. The molecular weight excluding hydrogens is 766 g/mol. The molecule has 0 bridgehead atoms. The van der Waals surface area contributed by atoms with Crippen molar-refractivity contribution in [3.8, 4) is 5.75 Å². The Morgan fingerprint density at radius 3 is 2.31 bits per heavy atom.